The Kier molecular flexibility index (Phi) is 21.2. The molecule has 0 amide bonds. The van der Waals surface area contributed by atoms with Crippen LogP contribution in [0.15, 0.2) is 65.8 Å². The van der Waals surface area contributed by atoms with Gasteiger partial charge in [0.05, 0.1) is 43.5 Å². The summed E-state index contributed by atoms with van der Waals surface area (Å²) in [6.45, 7) is 2.19. The monoisotopic (exact) mass is 608 g/mol. The van der Waals surface area contributed by atoms with E-state index in [4.69, 9.17) is 29.8 Å². The minimum atomic E-state index is -0.833. The fourth-order valence-electron chi connectivity index (χ4n) is 4.28. The van der Waals surface area contributed by atoms with Crippen LogP contribution < -0.4 is 5.90 Å². The number of aliphatic carboxylic acids is 1. The maximum atomic E-state index is 11.5. The number of carbonyl (C=O) groups excluding carboxylic acids is 3. The number of benzene rings is 2. The molecule has 4 unspecified atom stereocenters. The van der Waals surface area contributed by atoms with Crippen LogP contribution in [0.3, 0.4) is 0 Å². The molecule has 4 atom stereocenters. The highest BCUT2D eigenvalue weighted by atomic mass is 35.5. The fourth-order valence-corrected chi connectivity index (χ4v) is 4.28. The van der Waals surface area contributed by atoms with Crippen LogP contribution in [0.2, 0.25) is 0 Å². The van der Waals surface area contributed by atoms with Crippen molar-refractivity contribution in [1.29, 1.82) is 0 Å². The highest BCUT2D eigenvalue weighted by molar-refractivity contribution is 5.95. The maximum Gasteiger partial charge on any atom is 0.300 e. The Hall–Kier alpha value is -3.48. The van der Waals surface area contributed by atoms with Crippen molar-refractivity contribution in [3.05, 3.63) is 71.8 Å². The molecule has 4 rings (SSSR count). The number of Topliss-reactive ketones (excluding diaryl/α,β-unsaturated/α-hetero) is 2. The van der Waals surface area contributed by atoms with Crippen molar-refractivity contribution in [1.82, 2.24) is 0 Å². The van der Waals surface area contributed by atoms with Gasteiger partial charge in [0.2, 0.25) is 0 Å². The van der Waals surface area contributed by atoms with E-state index in [1.165, 1.54) is 6.21 Å². The van der Waals surface area contributed by atoms with Crippen LogP contribution >= 0.6 is 12.4 Å². The SMILES string of the molecule is CC(=O)O.Cl.NO.O=C1CCC(OCc2ccccc2)CC1/C=N\O.O=CC1CC(OCc2ccccc2)CCC1=O. The number of nitrogens with zero attached hydrogens (tertiary/aromatic N) is 1. The summed E-state index contributed by atoms with van der Waals surface area (Å²) in [5.41, 5.74) is 2.24. The number of hydrogen-bond donors (Lipinski definition) is 4. The molecule has 0 aliphatic heterocycles. The third-order valence-corrected chi connectivity index (χ3v) is 6.35. The van der Waals surface area contributed by atoms with Gasteiger partial charge in [-0.3, -0.25) is 14.4 Å². The molecule has 11 nitrogen and oxygen atoms in total. The molecule has 0 saturated heterocycles. The molecule has 0 radical (unpaired) electrons. The number of carboxylic acid groups (broad SMARTS) is 1. The Morgan fingerprint density at radius 1 is 0.857 bits per heavy atom. The molecule has 232 valence electrons. The second-order valence-electron chi connectivity index (χ2n) is 9.45. The number of ketones is 2. The van der Waals surface area contributed by atoms with Crippen LogP contribution in [0.25, 0.3) is 0 Å². The minimum Gasteiger partial charge on any atom is -0.481 e. The van der Waals surface area contributed by atoms with E-state index in [0.717, 1.165) is 37.2 Å². The molecular formula is C30H41ClN2O9. The molecule has 0 aromatic heterocycles. The van der Waals surface area contributed by atoms with Gasteiger partial charge in [-0.05, 0) is 36.8 Å². The third kappa shape index (κ3) is 16.1. The van der Waals surface area contributed by atoms with Gasteiger partial charge in [0.25, 0.3) is 5.97 Å². The molecule has 0 bridgehead atoms. The number of nitrogens with two attached hydrogens (primary N) is 1. The van der Waals surface area contributed by atoms with Crippen molar-refractivity contribution >= 4 is 42.4 Å². The average Bonchev–Trinajstić information content (AvgIpc) is 2.99. The van der Waals surface area contributed by atoms with Gasteiger partial charge in [-0.25, -0.2) is 5.90 Å². The van der Waals surface area contributed by atoms with Crippen molar-refractivity contribution in [2.24, 2.45) is 22.9 Å². The number of rotatable bonds is 8. The number of ether oxygens (including phenoxy) is 2. The van der Waals surface area contributed by atoms with Crippen LogP contribution in [0, 0.1) is 11.8 Å². The maximum absolute atomic E-state index is 11.5. The molecule has 2 aromatic carbocycles. The number of aldehydes is 1. The summed E-state index contributed by atoms with van der Waals surface area (Å²) >= 11 is 0. The first-order valence-electron chi connectivity index (χ1n) is 13.3. The summed E-state index contributed by atoms with van der Waals surface area (Å²) in [5.74, 6) is 2.10. The van der Waals surface area contributed by atoms with Crippen molar-refractivity contribution in [2.45, 2.75) is 70.9 Å². The van der Waals surface area contributed by atoms with Gasteiger partial charge in [0, 0.05) is 19.8 Å². The summed E-state index contributed by atoms with van der Waals surface area (Å²) in [4.78, 5) is 42.6. The third-order valence-electron chi connectivity index (χ3n) is 6.35. The van der Waals surface area contributed by atoms with E-state index < -0.39 is 11.9 Å². The number of carbonyl (C=O) groups is 4. The van der Waals surface area contributed by atoms with Gasteiger partial charge >= 0.3 is 0 Å². The molecular weight excluding hydrogens is 568 g/mol. The first kappa shape index (κ1) is 38.5. The highest BCUT2D eigenvalue weighted by Gasteiger charge is 2.29. The van der Waals surface area contributed by atoms with Gasteiger partial charge in [-0.1, -0.05) is 60.7 Å². The van der Waals surface area contributed by atoms with E-state index in [1.807, 2.05) is 60.7 Å². The van der Waals surface area contributed by atoms with E-state index in [2.05, 4.69) is 11.1 Å². The Morgan fingerprint density at radius 3 is 1.62 bits per heavy atom. The number of carboxylic acids is 1. The quantitative estimate of drug-likeness (QED) is 0.110. The van der Waals surface area contributed by atoms with E-state index in [0.29, 0.717) is 38.9 Å². The predicted octanol–water partition coefficient (Wildman–Crippen LogP) is 4.39. The largest absolute Gasteiger partial charge is 0.481 e. The first-order chi connectivity index (χ1) is 19.8. The fraction of sp³-hybridized carbons (Fsp3) is 0.433. The molecule has 2 aliphatic rings. The summed E-state index contributed by atoms with van der Waals surface area (Å²) in [7, 11) is 0. The number of halogens is 1. The molecule has 2 saturated carbocycles. The lowest BCUT2D eigenvalue weighted by Gasteiger charge is -2.25. The molecule has 2 aromatic rings. The Labute approximate surface area is 252 Å². The normalized spacial score (nSPS) is 21.2. The summed E-state index contributed by atoms with van der Waals surface area (Å²) in [5, 5.41) is 25.4. The lowest BCUT2D eigenvalue weighted by molar-refractivity contribution is -0.135. The van der Waals surface area contributed by atoms with E-state index in [9.17, 15) is 14.4 Å². The molecule has 2 aliphatic carbocycles. The van der Waals surface area contributed by atoms with E-state index in [1.54, 1.807) is 0 Å². The first-order valence-corrected chi connectivity index (χ1v) is 13.3. The zero-order valence-corrected chi connectivity index (χ0v) is 24.4. The lowest BCUT2D eigenvalue weighted by Crippen LogP contribution is -2.30. The Morgan fingerprint density at radius 2 is 1.24 bits per heavy atom. The van der Waals surface area contributed by atoms with Crippen molar-refractivity contribution in [2.75, 3.05) is 0 Å². The van der Waals surface area contributed by atoms with Gasteiger partial charge < -0.3 is 29.8 Å². The van der Waals surface area contributed by atoms with Crippen LogP contribution in [0.5, 0.6) is 0 Å². The Balaban J connectivity index is 0.000000662. The molecule has 5 N–H and O–H groups in total. The van der Waals surface area contributed by atoms with Crippen molar-refractivity contribution in [3.63, 3.8) is 0 Å². The predicted molar refractivity (Wildman–Crippen MR) is 158 cm³/mol. The molecule has 2 fully saturated rings. The van der Waals surface area contributed by atoms with E-state index in [-0.39, 0.29) is 42.1 Å². The van der Waals surface area contributed by atoms with Gasteiger partial charge in [0.15, 0.2) is 0 Å². The van der Waals surface area contributed by atoms with Crippen LogP contribution in [0.1, 0.15) is 56.6 Å². The number of oxime groups is 1. The van der Waals surface area contributed by atoms with E-state index >= 15 is 0 Å². The summed E-state index contributed by atoms with van der Waals surface area (Å²) in [6.07, 6.45) is 5.73. The van der Waals surface area contributed by atoms with Crippen LogP contribution in [-0.4, -0.2) is 57.8 Å². The number of hydrogen-bond acceptors (Lipinski definition) is 10. The molecule has 12 heteroatoms. The Bertz CT molecular complexity index is 1070. The molecule has 0 heterocycles. The smallest absolute Gasteiger partial charge is 0.300 e. The zero-order valence-electron chi connectivity index (χ0n) is 23.6. The second kappa shape index (κ2) is 23.1. The van der Waals surface area contributed by atoms with Crippen molar-refractivity contribution < 1.29 is 44.2 Å². The van der Waals surface area contributed by atoms with Crippen molar-refractivity contribution in [3.8, 4) is 0 Å². The highest BCUT2D eigenvalue weighted by Crippen LogP contribution is 2.24. The zero-order chi connectivity index (χ0) is 30.5. The lowest BCUT2D eigenvalue weighted by atomic mass is 9.87. The average molecular weight is 609 g/mol. The van der Waals surface area contributed by atoms with Gasteiger partial charge in [-0.15, -0.1) is 17.6 Å². The van der Waals surface area contributed by atoms with Crippen LogP contribution in [0.4, 0.5) is 0 Å². The standard InChI is InChI=1S/C14H17NO3.C14H16O3.C2H4O2.ClH.H3NO/c16-14-7-6-13(8-12(14)9-15-17)18-10-11-4-2-1-3-5-11;15-9-12-8-13(6-7-14(12)16)17-10-11-4-2-1-3-5-11;1-2(3)4;;1-2/h1-5,9,12-13,17H,6-8,10H2;1-5,9,12-13H,6-8,10H2;1H3,(H,3,4);1H;2H,1H2/b15-9-;;;;. The topological polar surface area (TPSA) is 186 Å². The minimum absolute atomic E-state index is 0. The summed E-state index contributed by atoms with van der Waals surface area (Å²) < 4.78 is 11.5. The molecule has 0 spiro atoms. The molecule has 42 heavy (non-hydrogen) atoms. The van der Waals surface area contributed by atoms with Gasteiger partial charge in [-0.2, -0.15) is 0 Å². The second-order valence-corrected chi connectivity index (χ2v) is 9.45. The van der Waals surface area contributed by atoms with Gasteiger partial charge in [0.1, 0.15) is 17.9 Å². The van der Waals surface area contributed by atoms with Crippen LogP contribution in [-0.2, 0) is 41.9 Å². The summed E-state index contributed by atoms with van der Waals surface area (Å²) in [6, 6.07) is 19.9.